The highest BCUT2D eigenvalue weighted by Crippen LogP contribution is 2.20. The third kappa shape index (κ3) is 4.55. The highest BCUT2D eigenvalue weighted by Gasteiger charge is 2.18. The average molecular weight is 293 g/mol. The van der Waals surface area contributed by atoms with E-state index in [0.29, 0.717) is 12.1 Å². The van der Waals surface area contributed by atoms with Gasteiger partial charge < -0.3 is 10.1 Å². The average Bonchev–Trinajstić information content (AvgIpc) is 3.04. The van der Waals surface area contributed by atoms with Gasteiger partial charge in [-0.25, -0.2) is 0 Å². The van der Waals surface area contributed by atoms with Crippen LogP contribution in [-0.2, 0) is 18.2 Å². The summed E-state index contributed by atoms with van der Waals surface area (Å²) >= 11 is 0. The molecule has 0 saturated carbocycles. The Labute approximate surface area is 129 Å². The minimum atomic E-state index is 0.507. The lowest BCUT2D eigenvalue weighted by molar-refractivity contribution is 0.0993. The zero-order valence-electron chi connectivity index (χ0n) is 14.1. The number of rotatable bonds is 8. The lowest BCUT2D eigenvalue weighted by Crippen LogP contribution is -2.30. The molecule has 1 aromatic rings. The van der Waals surface area contributed by atoms with E-state index in [4.69, 9.17) is 4.74 Å². The maximum Gasteiger partial charge on any atom is 0.0628 e. The van der Waals surface area contributed by atoms with Gasteiger partial charge in [0.15, 0.2) is 0 Å². The molecule has 0 aromatic carbocycles. The summed E-state index contributed by atoms with van der Waals surface area (Å²) in [7, 11) is 2.03. The summed E-state index contributed by atoms with van der Waals surface area (Å²) in [5, 5.41) is 8.16. The zero-order valence-corrected chi connectivity index (χ0v) is 14.1. The second-order valence-electron chi connectivity index (χ2n) is 6.28. The molecule has 0 spiro atoms. The smallest absolute Gasteiger partial charge is 0.0628 e. The summed E-state index contributed by atoms with van der Waals surface area (Å²) < 4.78 is 7.74. The number of nitrogens with zero attached hydrogens (tertiary/aromatic N) is 2. The Hall–Kier alpha value is -0.870. The summed E-state index contributed by atoms with van der Waals surface area (Å²) in [5.74, 6) is 0. The molecule has 120 valence electrons. The number of ether oxygens (including phenoxy) is 1. The van der Waals surface area contributed by atoms with Crippen LogP contribution in [0.5, 0.6) is 0 Å². The maximum atomic E-state index is 5.74. The Bertz CT molecular complexity index is 435. The number of nitrogens with one attached hydrogen (secondary N) is 1. The highest BCUT2D eigenvalue weighted by molar-refractivity contribution is 5.24. The van der Waals surface area contributed by atoms with Crippen LogP contribution < -0.4 is 5.32 Å². The Balaban J connectivity index is 1.83. The normalized spacial score (nSPS) is 20.1. The van der Waals surface area contributed by atoms with E-state index < -0.39 is 0 Å². The van der Waals surface area contributed by atoms with E-state index in [0.717, 1.165) is 19.6 Å². The van der Waals surface area contributed by atoms with Crippen molar-refractivity contribution in [2.45, 2.75) is 71.4 Å². The molecule has 4 nitrogen and oxygen atoms in total. The summed E-state index contributed by atoms with van der Waals surface area (Å²) in [6.07, 6.45) is 7.72. The second-order valence-corrected chi connectivity index (χ2v) is 6.28. The first kappa shape index (κ1) is 16.5. The van der Waals surface area contributed by atoms with Crippen LogP contribution in [0.3, 0.4) is 0 Å². The molecule has 1 aliphatic rings. The van der Waals surface area contributed by atoms with Crippen LogP contribution in [0.1, 0.15) is 56.0 Å². The molecule has 1 saturated heterocycles. The van der Waals surface area contributed by atoms with Crippen molar-refractivity contribution in [1.29, 1.82) is 0 Å². The third-order valence-corrected chi connectivity index (χ3v) is 4.76. The van der Waals surface area contributed by atoms with Gasteiger partial charge in [-0.15, -0.1) is 0 Å². The lowest BCUT2D eigenvalue weighted by atomic mass is 9.98. The van der Waals surface area contributed by atoms with Gasteiger partial charge in [0.25, 0.3) is 0 Å². The first-order valence-electron chi connectivity index (χ1n) is 8.45. The van der Waals surface area contributed by atoms with E-state index in [9.17, 15) is 0 Å². The van der Waals surface area contributed by atoms with Gasteiger partial charge in [-0.2, -0.15) is 5.10 Å². The molecule has 1 N–H and O–H groups in total. The van der Waals surface area contributed by atoms with Crippen LogP contribution in [0.2, 0.25) is 0 Å². The third-order valence-electron chi connectivity index (χ3n) is 4.76. The van der Waals surface area contributed by atoms with Crippen LogP contribution >= 0.6 is 0 Å². The quantitative estimate of drug-likeness (QED) is 0.801. The van der Waals surface area contributed by atoms with Crippen molar-refractivity contribution in [2.75, 3.05) is 13.2 Å². The van der Waals surface area contributed by atoms with E-state index in [1.807, 2.05) is 11.7 Å². The molecule has 2 rings (SSSR count). The molecule has 2 atom stereocenters. The van der Waals surface area contributed by atoms with E-state index in [-0.39, 0.29) is 0 Å². The fraction of sp³-hybridized carbons (Fsp3) is 0.824. The van der Waals surface area contributed by atoms with E-state index in [1.165, 1.54) is 49.1 Å². The summed E-state index contributed by atoms with van der Waals surface area (Å²) in [5.41, 5.74) is 3.92. The number of aromatic nitrogens is 2. The highest BCUT2D eigenvalue weighted by atomic mass is 16.5. The minimum absolute atomic E-state index is 0.507. The summed E-state index contributed by atoms with van der Waals surface area (Å²) in [4.78, 5) is 0. The molecule has 21 heavy (non-hydrogen) atoms. The van der Waals surface area contributed by atoms with Crippen LogP contribution in [-0.4, -0.2) is 35.1 Å². The molecule has 0 amide bonds. The molecule has 1 aromatic heterocycles. The predicted octanol–water partition coefficient (Wildman–Crippen LogP) is 2.91. The Kier molecular flexibility index (Phi) is 6.24. The molecule has 0 radical (unpaired) electrons. The fourth-order valence-corrected chi connectivity index (χ4v) is 3.39. The van der Waals surface area contributed by atoms with E-state index in [2.05, 4.69) is 31.2 Å². The van der Waals surface area contributed by atoms with Gasteiger partial charge in [-0.1, -0.05) is 6.92 Å². The SMILES string of the molecule is CCNC(CCc1c(C)nn(C)c1C)CCC1CCCO1. The standard InChI is InChI=1S/C17H31N3O/c1-5-18-15(8-10-16-7-6-12-21-16)9-11-17-13(2)19-20(4)14(17)3/h15-16,18H,5-12H2,1-4H3. The lowest BCUT2D eigenvalue weighted by Gasteiger charge is -2.20. The van der Waals surface area contributed by atoms with Crippen LogP contribution in [0, 0.1) is 13.8 Å². The molecule has 4 heteroatoms. The van der Waals surface area contributed by atoms with Gasteiger partial charge in [0.1, 0.15) is 0 Å². The van der Waals surface area contributed by atoms with Gasteiger partial charge in [0.2, 0.25) is 0 Å². The van der Waals surface area contributed by atoms with Gasteiger partial charge in [0.05, 0.1) is 11.8 Å². The van der Waals surface area contributed by atoms with Crippen molar-refractivity contribution in [2.24, 2.45) is 7.05 Å². The first-order chi connectivity index (χ1) is 10.1. The monoisotopic (exact) mass is 293 g/mol. The maximum absolute atomic E-state index is 5.74. The molecule has 1 aliphatic heterocycles. The van der Waals surface area contributed by atoms with E-state index >= 15 is 0 Å². The molecule has 2 heterocycles. The van der Waals surface area contributed by atoms with Crippen molar-refractivity contribution >= 4 is 0 Å². The zero-order chi connectivity index (χ0) is 15.2. The topological polar surface area (TPSA) is 39.1 Å². The Morgan fingerprint density at radius 3 is 2.76 bits per heavy atom. The molecule has 2 unspecified atom stereocenters. The summed E-state index contributed by atoms with van der Waals surface area (Å²) in [6, 6.07) is 0.596. The summed E-state index contributed by atoms with van der Waals surface area (Å²) in [6.45, 7) is 8.49. The van der Waals surface area contributed by atoms with E-state index in [1.54, 1.807) is 0 Å². The molecule has 0 aliphatic carbocycles. The molecule has 1 fully saturated rings. The molecular formula is C17H31N3O. The Morgan fingerprint density at radius 1 is 1.38 bits per heavy atom. The number of hydrogen-bond donors (Lipinski definition) is 1. The van der Waals surface area contributed by atoms with Crippen molar-refractivity contribution < 1.29 is 4.74 Å². The molecular weight excluding hydrogens is 262 g/mol. The minimum Gasteiger partial charge on any atom is -0.378 e. The number of aryl methyl sites for hydroxylation is 2. The van der Waals surface area contributed by atoms with Crippen LogP contribution in [0.15, 0.2) is 0 Å². The molecule has 0 bridgehead atoms. The van der Waals surface area contributed by atoms with Crippen molar-refractivity contribution in [3.8, 4) is 0 Å². The van der Waals surface area contributed by atoms with Crippen molar-refractivity contribution in [1.82, 2.24) is 15.1 Å². The van der Waals surface area contributed by atoms with Gasteiger partial charge >= 0.3 is 0 Å². The predicted molar refractivity (Wildman–Crippen MR) is 86.7 cm³/mol. The fourth-order valence-electron chi connectivity index (χ4n) is 3.39. The van der Waals surface area contributed by atoms with Gasteiger partial charge in [-0.3, -0.25) is 4.68 Å². The number of hydrogen-bond acceptors (Lipinski definition) is 3. The van der Waals surface area contributed by atoms with Crippen molar-refractivity contribution in [3.05, 3.63) is 17.0 Å². The van der Waals surface area contributed by atoms with Gasteiger partial charge in [0, 0.05) is 25.4 Å². The van der Waals surface area contributed by atoms with Crippen molar-refractivity contribution in [3.63, 3.8) is 0 Å². The van der Waals surface area contributed by atoms with Gasteiger partial charge in [-0.05, 0) is 64.5 Å². The second kappa shape index (κ2) is 7.95. The first-order valence-corrected chi connectivity index (χ1v) is 8.45. The Morgan fingerprint density at radius 2 is 2.19 bits per heavy atom. The largest absolute Gasteiger partial charge is 0.378 e. The van der Waals surface area contributed by atoms with Crippen LogP contribution in [0.4, 0.5) is 0 Å². The van der Waals surface area contributed by atoms with Crippen LogP contribution in [0.25, 0.3) is 0 Å².